The molecule has 1 fully saturated rings. The van der Waals surface area contributed by atoms with Gasteiger partial charge in [0.1, 0.15) is 10.6 Å². The molecule has 0 unspecified atom stereocenters. The standard InChI is InChI=1S/C18H28N2O2S/c1-17(2)9-11(10-18(3,4)20-17)19-16(21)15-14(22-5)12-7-6-8-13(12)23-15/h11,20H,6-10H2,1-5H3,(H,19,21). The minimum atomic E-state index is 0.0275. The van der Waals surface area contributed by atoms with E-state index >= 15 is 0 Å². The lowest BCUT2D eigenvalue weighted by Crippen LogP contribution is -2.62. The molecule has 0 spiro atoms. The average Bonchev–Trinajstić information content (AvgIpc) is 2.93. The third-order valence-corrected chi connectivity index (χ3v) is 6.08. The van der Waals surface area contributed by atoms with Gasteiger partial charge in [-0.3, -0.25) is 4.79 Å². The van der Waals surface area contributed by atoms with Gasteiger partial charge in [0, 0.05) is 27.6 Å². The molecule has 1 aromatic heterocycles. The zero-order chi connectivity index (χ0) is 16.8. The lowest BCUT2D eigenvalue weighted by molar-refractivity contribution is 0.0874. The largest absolute Gasteiger partial charge is 0.495 e. The summed E-state index contributed by atoms with van der Waals surface area (Å²) in [5.41, 5.74) is 1.32. The maximum absolute atomic E-state index is 12.8. The molecule has 1 amide bonds. The zero-order valence-corrected chi connectivity index (χ0v) is 15.7. The molecule has 4 nitrogen and oxygen atoms in total. The first-order valence-corrected chi connectivity index (χ1v) is 9.31. The number of carbonyl (C=O) groups excluding carboxylic acids is 1. The quantitative estimate of drug-likeness (QED) is 0.890. The van der Waals surface area contributed by atoms with Crippen LogP contribution in [-0.2, 0) is 12.8 Å². The molecule has 1 aliphatic heterocycles. The van der Waals surface area contributed by atoms with E-state index in [-0.39, 0.29) is 23.0 Å². The summed E-state index contributed by atoms with van der Waals surface area (Å²) in [5, 5.41) is 6.92. The molecule has 1 aromatic rings. The third kappa shape index (κ3) is 3.41. The molecule has 1 saturated heterocycles. The minimum absolute atomic E-state index is 0.0275. The van der Waals surface area contributed by atoms with Crippen molar-refractivity contribution in [3.8, 4) is 5.75 Å². The second-order valence-electron chi connectivity index (χ2n) is 8.19. The van der Waals surface area contributed by atoms with Crippen molar-refractivity contribution in [2.24, 2.45) is 0 Å². The number of rotatable bonds is 3. The van der Waals surface area contributed by atoms with Gasteiger partial charge in [0.2, 0.25) is 0 Å². The van der Waals surface area contributed by atoms with Crippen LogP contribution in [0.2, 0.25) is 0 Å². The summed E-state index contributed by atoms with van der Waals surface area (Å²) in [6.45, 7) is 8.81. The number of hydrogen-bond donors (Lipinski definition) is 2. The topological polar surface area (TPSA) is 50.4 Å². The summed E-state index contributed by atoms with van der Waals surface area (Å²) < 4.78 is 5.56. The van der Waals surface area contributed by atoms with Crippen LogP contribution in [0.1, 0.15) is 67.1 Å². The van der Waals surface area contributed by atoms with Crippen LogP contribution in [-0.4, -0.2) is 30.1 Å². The van der Waals surface area contributed by atoms with Crippen molar-refractivity contribution >= 4 is 17.2 Å². The monoisotopic (exact) mass is 336 g/mol. The van der Waals surface area contributed by atoms with Crippen LogP contribution in [0.5, 0.6) is 5.75 Å². The van der Waals surface area contributed by atoms with Gasteiger partial charge < -0.3 is 15.4 Å². The van der Waals surface area contributed by atoms with Crippen LogP contribution >= 0.6 is 11.3 Å². The fourth-order valence-corrected chi connectivity index (χ4v) is 5.68. The zero-order valence-electron chi connectivity index (χ0n) is 14.8. The maximum Gasteiger partial charge on any atom is 0.265 e. The van der Waals surface area contributed by atoms with Gasteiger partial charge in [-0.05, 0) is 59.8 Å². The van der Waals surface area contributed by atoms with Gasteiger partial charge in [-0.15, -0.1) is 11.3 Å². The Labute approximate surface area is 143 Å². The smallest absolute Gasteiger partial charge is 0.265 e. The van der Waals surface area contributed by atoms with Crippen molar-refractivity contribution < 1.29 is 9.53 Å². The molecule has 0 saturated carbocycles. The molecular weight excluding hydrogens is 308 g/mol. The van der Waals surface area contributed by atoms with Gasteiger partial charge in [0.05, 0.1) is 7.11 Å². The first kappa shape index (κ1) is 16.8. The number of nitrogens with one attached hydrogen (secondary N) is 2. The van der Waals surface area contributed by atoms with Crippen molar-refractivity contribution in [2.75, 3.05) is 7.11 Å². The Morgan fingerprint density at radius 3 is 2.48 bits per heavy atom. The fourth-order valence-electron chi connectivity index (χ4n) is 4.42. The number of aryl methyl sites for hydroxylation is 1. The highest BCUT2D eigenvalue weighted by Gasteiger charge is 2.38. The molecule has 2 heterocycles. The van der Waals surface area contributed by atoms with Gasteiger partial charge in [-0.25, -0.2) is 0 Å². The van der Waals surface area contributed by atoms with Crippen molar-refractivity contribution in [3.05, 3.63) is 15.3 Å². The normalized spacial score (nSPS) is 22.7. The highest BCUT2D eigenvalue weighted by atomic mass is 32.1. The van der Waals surface area contributed by atoms with Crippen LogP contribution < -0.4 is 15.4 Å². The van der Waals surface area contributed by atoms with Crippen LogP contribution in [0.25, 0.3) is 0 Å². The molecule has 128 valence electrons. The number of carbonyl (C=O) groups is 1. The summed E-state index contributed by atoms with van der Waals surface area (Å²) >= 11 is 1.62. The predicted octanol–water partition coefficient (Wildman–Crippen LogP) is 3.28. The van der Waals surface area contributed by atoms with E-state index < -0.39 is 0 Å². The van der Waals surface area contributed by atoms with Crippen molar-refractivity contribution in [1.82, 2.24) is 10.6 Å². The molecule has 23 heavy (non-hydrogen) atoms. The molecular formula is C18H28N2O2S. The Morgan fingerprint density at radius 2 is 1.87 bits per heavy atom. The number of piperidine rings is 1. The van der Waals surface area contributed by atoms with Crippen LogP contribution in [0.3, 0.4) is 0 Å². The van der Waals surface area contributed by atoms with E-state index in [0.29, 0.717) is 0 Å². The van der Waals surface area contributed by atoms with E-state index in [1.54, 1.807) is 18.4 Å². The number of fused-ring (bicyclic) bond motifs is 1. The van der Waals surface area contributed by atoms with Gasteiger partial charge in [-0.2, -0.15) is 0 Å². The Hall–Kier alpha value is -1.07. The van der Waals surface area contributed by atoms with Crippen LogP contribution in [0, 0.1) is 0 Å². The maximum atomic E-state index is 12.8. The van der Waals surface area contributed by atoms with Crippen LogP contribution in [0.15, 0.2) is 0 Å². The highest BCUT2D eigenvalue weighted by Crippen LogP contribution is 2.41. The Kier molecular flexibility index (Phi) is 4.21. The van der Waals surface area contributed by atoms with E-state index in [4.69, 9.17) is 4.74 Å². The summed E-state index contributed by atoms with van der Waals surface area (Å²) in [7, 11) is 1.67. The van der Waals surface area contributed by atoms with Crippen molar-refractivity contribution in [1.29, 1.82) is 0 Å². The minimum Gasteiger partial charge on any atom is -0.495 e. The molecule has 0 radical (unpaired) electrons. The van der Waals surface area contributed by atoms with Crippen molar-refractivity contribution in [3.63, 3.8) is 0 Å². The second kappa shape index (κ2) is 5.78. The fraction of sp³-hybridized carbons (Fsp3) is 0.722. The molecule has 2 aliphatic rings. The van der Waals surface area contributed by atoms with E-state index in [1.165, 1.54) is 16.9 Å². The van der Waals surface area contributed by atoms with E-state index in [1.807, 2.05) is 0 Å². The molecule has 0 atom stereocenters. The van der Waals surface area contributed by atoms with Crippen molar-refractivity contribution in [2.45, 2.75) is 76.9 Å². The van der Waals surface area contributed by atoms with Crippen LogP contribution in [0.4, 0.5) is 0 Å². The lowest BCUT2D eigenvalue weighted by atomic mass is 9.79. The highest BCUT2D eigenvalue weighted by molar-refractivity contribution is 7.14. The number of methoxy groups -OCH3 is 1. The molecule has 1 aliphatic carbocycles. The van der Waals surface area contributed by atoms with Gasteiger partial charge >= 0.3 is 0 Å². The number of thiophene rings is 1. The molecule has 2 N–H and O–H groups in total. The SMILES string of the molecule is COc1c(C(=O)NC2CC(C)(C)NC(C)(C)C2)sc2c1CCC2. The number of ether oxygens (including phenoxy) is 1. The summed E-state index contributed by atoms with van der Waals surface area (Å²) in [6, 6.07) is 0.190. The number of amides is 1. The Balaban J connectivity index is 1.77. The molecule has 0 aromatic carbocycles. The third-order valence-electron chi connectivity index (χ3n) is 4.81. The Morgan fingerprint density at radius 1 is 1.22 bits per heavy atom. The van der Waals surface area contributed by atoms with Gasteiger partial charge in [-0.1, -0.05) is 0 Å². The van der Waals surface area contributed by atoms with E-state index in [9.17, 15) is 4.79 Å². The molecule has 5 heteroatoms. The predicted molar refractivity (Wildman–Crippen MR) is 94.7 cm³/mol. The first-order valence-electron chi connectivity index (χ1n) is 8.49. The van der Waals surface area contributed by atoms with E-state index in [2.05, 4.69) is 38.3 Å². The Bertz CT molecular complexity index is 603. The summed E-state index contributed by atoms with van der Waals surface area (Å²) in [5.74, 6) is 0.840. The second-order valence-corrected chi connectivity index (χ2v) is 9.30. The summed E-state index contributed by atoms with van der Waals surface area (Å²) in [6.07, 6.45) is 5.17. The van der Waals surface area contributed by atoms with Gasteiger partial charge in [0.15, 0.2) is 0 Å². The molecule has 0 bridgehead atoms. The lowest BCUT2D eigenvalue weighted by Gasteiger charge is -2.46. The van der Waals surface area contributed by atoms with Gasteiger partial charge in [0.25, 0.3) is 5.91 Å². The summed E-state index contributed by atoms with van der Waals surface area (Å²) in [4.78, 5) is 14.9. The number of hydrogen-bond acceptors (Lipinski definition) is 4. The van der Waals surface area contributed by atoms with E-state index in [0.717, 1.165) is 36.3 Å². The first-order chi connectivity index (χ1) is 10.7. The average molecular weight is 337 g/mol. The molecule has 3 rings (SSSR count).